The summed E-state index contributed by atoms with van der Waals surface area (Å²) in [4.78, 5) is 4.54. The number of nitrogens with zero attached hydrogens (tertiary/aromatic N) is 1. The highest BCUT2D eigenvalue weighted by Gasteiger charge is 2.11. The lowest BCUT2D eigenvalue weighted by molar-refractivity contribution is 0.618. The Morgan fingerprint density at radius 1 is 1.16 bits per heavy atom. The number of nitrogen functional groups attached to an aromatic ring is 1. The molecule has 0 unspecified atom stereocenters. The summed E-state index contributed by atoms with van der Waals surface area (Å²) in [6, 6.07) is 9.82. The molecule has 0 fully saturated rings. The summed E-state index contributed by atoms with van der Waals surface area (Å²) in [6.07, 6.45) is 0. The second kappa shape index (κ2) is 4.38. The van der Waals surface area contributed by atoms with Crippen molar-refractivity contribution in [3.8, 4) is 11.5 Å². The van der Waals surface area contributed by atoms with E-state index in [0.29, 0.717) is 5.89 Å². The van der Waals surface area contributed by atoms with Crippen LogP contribution < -0.4 is 5.73 Å². The van der Waals surface area contributed by atoms with Gasteiger partial charge in [-0.05, 0) is 71.2 Å². The van der Waals surface area contributed by atoms with Crippen molar-refractivity contribution in [1.29, 1.82) is 0 Å². The fourth-order valence-corrected chi connectivity index (χ4v) is 2.70. The molecule has 0 saturated heterocycles. The summed E-state index contributed by atoms with van der Waals surface area (Å²) in [5.41, 5.74) is 11.3. The maximum atomic E-state index is 5.84. The molecule has 2 aromatic carbocycles. The van der Waals surface area contributed by atoms with Crippen LogP contribution in [-0.4, -0.2) is 4.98 Å². The van der Waals surface area contributed by atoms with Gasteiger partial charge in [0.1, 0.15) is 5.52 Å². The van der Waals surface area contributed by atoms with Gasteiger partial charge in [0.15, 0.2) is 5.58 Å². The van der Waals surface area contributed by atoms with Gasteiger partial charge in [-0.3, -0.25) is 0 Å². The average Bonchev–Trinajstić information content (AvgIpc) is 2.76. The molecule has 0 amide bonds. The third-order valence-electron chi connectivity index (χ3n) is 3.11. The van der Waals surface area contributed by atoms with Gasteiger partial charge >= 0.3 is 0 Å². The van der Waals surface area contributed by atoms with Gasteiger partial charge in [0.25, 0.3) is 0 Å². The van der Waals surface area contributed by atoms with Gasteiger partial charge in [-0.25, -0.2) is 4.98 Å². The number of rotatable bonds is 1. The Kier molecular flexibility index (Phi) is 2.82. The maximum Gasteiger partial charge on any atom is 0.227 e. The van der Waals surface area contributed by atoms with Gasteiger partial charge in [0, 0.05) is 11.3 Å². The molecule has 4 heteroatoms. The molecule has 3 aromatic rings. The fraction of sp³-hybridized carbons (Fsp3) is 0.133. The first kappa shape index (κ1) is 12.2. The molecule has 0 saturated carbocycles. The molecule has 0 aliphatic carbocycles. The quantitative estimate of drug-likeness (QED) is 0.674. The summed E-state index contributed by atoms with van der Waals surface area (Å²) in [5, 5.41) is 0. The number of benzene rings is 2. The number of hydrogen-bond acceptors (Lipinski definition) is 3. The van der Waals surface area contributed by atoms with E-state index in [1.807, 2.05) is 44.2 Å². The van der Waals surface area contributed by atoms with E-state index >= 15 is 0 Å². The molecule has 0 aliphatic heterocycles. The summed E-state index contributed by atoms with van der Waals surface area (Å²) in [5.74, 6) is 0.615. The first-order valence-electron chi connectivity index (χ1n) is 5.98. The Labute approximate surface area is 119 Å². The van der Waals surface area contributed by atoms with Gasteiger partial charge in [-0.2, -0.15) is 0 Å². The normalized spacial score (nSPS) is 11.1. The van der Waals surface area contributed by atoms with Crippen molar-refractivity contribution in [3.05, 3.63) is 45.9 Å². The van der Waals surface area contributed by atoms with E-state index in [-0.39, 0.29) is 0 Å². The van der Waals surface area contributed by atoms with E-state index in [9.17, 15) is 0 Å². The van der Waals surface area contributed by atoms with Gasteiger partial charge < -0.3 is 10.2 Å². The van der Waals surface area contributed by atoms with Gasteiger partial charge in [0.05, 0.1) is 4.47 Å². The molecule has 19 heavy (non-hydrogen) atoms. The molecule has 0 spiro atoms. The zero-order valence-electron chi connectivity index (χ0n) is 10.7. The van der Waals surface area contributed by atoms with Crippen molar-refractivity contribution in [2.45, 2.75) is 13.8 Å². The highest BCUT2D eigenvalue weighted by Crippen LogP contribution is 2.31. The van der Waals surface area contributed by atoms with E-state index in [1.165, 1.54) is 0 Å². The smallest absolute Gasteiger partial charge is 0.227 e. The van der Waals surface area contributed by atoms with Crippen molar-refractivity contribution >= 4 is 32.7 Å². The summed E-state index contributed by atoms with van der Waals surface area (Å²) < 4.78 is 6.76. The van der Waals surface area contributed by atoms with Crippen LogP contribution in [0.1, 0.15) is 11.1 Å². The Bertz CT molecular complexity index is 777. The lowest BCUT2D eigenvalue weighted by atomic mass is 10.1. The van der Waals surface area contributed by atoms with Crippen LogP contribution in [0.2, 0.25) is 0 Å². The second-order valence-corrected chi connectivity index (χ2v) is 5.54. The SMILES string of the molecule is Cc1cc(Br)c2oc(-c3ccc(N)c(C)c3)nc2c1. The molecule has 0 bridgehead atoms. The van der Waals surface area contributed by atoms with Crippen LogP contribution in [0.3, 0.4) is 0 Å². The monoisotopic (exact) mass is 316 g/mol. The highest BCUT2D eigenvalue weighted by molar-refractivity contribution is 9.10. The number of aryl methyl sites for hydroxylation is 2. The predicted molar refractivity (Wildman–Crippen MR) is 81.0 cm³/mol. The van der Waals surface area contributed by atoms with E-state index in [2.05, 4.69) is 20.9 Å². The third-order valence-corrected chi connectivity index (χ3v) is 3.69. The van der Waals surface area contributed by atoms with Crippen LogP contribution in [0.4, 0.5) is 5.69 Å². The standard InChI is InChI=1S/C15H13BrN2O/c1-8-5-11(16)14-13(6-8)18-15(19-14)10-3-4-12(17)9(2)7-10/h3-7H,17H2,1-2H3. The molecule has 1 aromatic heterocycles. The van der Waals surface area contributed by atoms with Gasteiger partial charge in [-0.1, -0.05) is 0 Å². The van der Waals surface area contributed by atoms with E-state index in [0.717, 1.165) is 38.0 Å². The molecule has 3 nitrogen and oxygen atoms in total. The van der Waals surface area contributed by atoms with E-state index < -0.39 is 0 Å². The largest absolute Gasteiger partial charge is 0.435 e. The van der Waals surface area contributed by atoms with Crippen LogP contribution in [-0.2, 0) is 0 Å². The van der Waals surface area contributed by atoms with Crippen molar-refractivity contribution in [2.75, 3.05) is 5.73 Å². The summed E-state index contributed by atoms with van der Waals surface area (Å²) in [6.45, 7) is 4.01. The third kappa shape index (κ3) is 2.12. The first-order chi connectivity index (χ1) is 9.04. The van der Waals surface area contributed by atoms with Crippen molar-refractivity contribution in [2.24, 2.45) is 0 Å². The minimum Gasteiger partial charge on any atom is -0.435 e. The molecule has 0 aliphatic rings. The molecule has 0 atom stereocenters. The van der Waals surface area contributed by atoms with E-state index in [1.54, 1.807) is 0 Å². The molecule has 96 valence electrons. The second-order valence-electron chi connectivity index (χ2n) is 4.69. The van der Waals surface area contributed by atoms with Crippen molar-refractivity contribution in [1.82, 2.24) is 4.98 Å². The molecule has 0 radical (unpaired) electrons. The zero-order chi connectivity index (χ0) is 13.6. The van der Waals surface area contributed by atoms with E-state index in [4.69, 9.17) is 10.2 Å². The molecule has 2 N–H and O–H groups in total. The Morgan fingerprint density at radius 2 is 1.95 bits per heavy atom. The topological polar surface area (TPSA) is 52.0 Å². The number of nitrogens with two attached hydrogens (primary N) is 1. The predicted octanol–water partition coefficient (Wildman–Crippen LogP) is 4.46. The minimum absolute atomic E-state index is 0.615. The highest BCUT2D eigenvalue weighted by atomic mass is 79.9. The van der Waals surface area contributed by atoms with Crippen LogP contribution in [0, 0.1) is 13.8 Å². The number of halogens is 1. The lowest BCUT2D eigenvalue weighted by Crippen LogP contribution is -1.89. The zero-order valence-corrected chi connectivity index (χ0v) is 12.3. The summed E-state index contributed by atoms with van der Waals surface area (Å²) >= 11 is 3.51. The van der Waals surface area contributed by atoms with Crippen molar-refractivity contribution in [3.63, 3.8) is 0 Å². The fourth-order valence-electron chi connectivity index (χ4n) is 2.06. The van der Waals surface area contributed by atoms with Crippen LogP contribution in [0.25, 0.3) is 22.6 Å². The Hall–Kier alpha value is -1.81. The Morgan fingerprint density at radius 3 is 2.68 bits per heavy atom. The van der Waals surface area contributed by atoms with Crippen LogP contribution >= 0.6 is 15.9 Å². The van der Waals surface area contributed by atoms with Gasteiger partial charge in [0.2, 0.25) is 5.89 Å². The van der Waals surface area contributed by atoms with Gasteiger partial charge in [-0.15, -0.1) is 0 Å². The number of aromatic nitrogens is 1. The van der Waals surface area contributed by atoms with Crippen molar-refractivity contribution < 1.29 is 4.42 Å². The maximum absolute atomic E-state index is 5.84. The van der Waals surface area contributed by atoms with Crippen LogP contribution in [0.15, 0.2) is 39.2 Å². The number of hydrogen-bond donors (Lipinski definition) is 1. The Balaban J connectivity index is 2.20. The first-order valence-corrected chi connectivity index (χ1v) is 6.77. The molecular weight excluding hydrogens is 304 g/mol. The average molecular weight is 317 g/mol. The van der Waals surface area contributed by atoms with Crippen LogP contribution in [0.5, 0.6) is 0 Å². The number of oxazole rings is 1. The molecular formula is C15H13BrN2O. The molecule has 3 rings (SSSR count). The lowest BCUT2D eigenvalue weighted by Gasteiger charge is -2.01. The number of fused-ring (bicyclic) bond motifs is 1. The molecule has 1 heterocycles. The number of anilines is 1. The minimum atomic E-state index is 0.615. The summed E-state index contributed by atoms with van der Waals surface area (Å²) in [7, 11) is 0.